The molecule has 0 aliphatic heterocycles. The van der Waals surface area contributed by atoms with E-state index in [0.717, 1.165) is 57.9 Å². The lowest BCUT2D eigenvalue weighted by atomic mass is 9.94. The van der Waals surface area contributed by atoms with Gasteiger partial charge in [-0.05, 0) is 93.1 Å². The summed E-state index contributed by atoms with van der Waals surface area (Å²) in [6.45, 7) is 9.05. The zero-order valence-electron chi connectivity index (χ0n) is 23.3. The number of hydrogen-bond acceptors (Lipinski definition) is 2. The second-order valence-corrected chi connectivity index (χ2v) is 10.3. The van der Waals surface area contributed by atoms with Crippen molar-refractivity contribution in [3.8, 4) is 0 Å². The first-order valence-electron chi connectivity index (χ1n) is 13.9. The monoisotopic (exact) mass is 513 g/mol. The SMILES string of the molecule is CC/C=C(/CCc1ccc(C)cc1)C(=O)c1ccc2c(c1)c1cc(C(=O)c3ccccc3C)ccc1n2CC. The predicted octanol–water partition coefficient (Wildman–Crippen LogP) is 8.81. The van der Waals surface area contributed by atoms with Crippen LogP contribution in [0.15, 0.2) is 96.6 Å². The number of rotatable bonds is 9. The predicted molar refractivity (Wildman–Crippen MR) is 162 cm³/mol. The van der Waals surface area contributed by atoms with Crippen LogP contribution >= 0.6 is 0 Å². The standard InChI is InChI=1S/C36H35NO2/c1-5-9-27(17-16-26-14-12-24(3)13-15-26)35(38)28-18-20-33-31(22-28)32-23-29(19-21-34(32)37(33)6-2)36(39)30-11-8-7-10-25(30)4/h7-15,18-23H,5-6,16-17H2,1-4H3/b27-9-. The van der Waals surface area contributed by atoms with Gasteiger partial charge in [-0.2, -0.15) is 0 Å². The summed E-state index contributed by atoms with van der Waals surface area (Å²) in [4.78, 5) is 27.1. The molecule has 0 fully saturated rings. The van der Waals surface area contributed by atoms with Crippen LogP contribution < -0.4 is 0 Å². The second kappa shape index (κ2) is 11.2. The lowest BCUT2D eigenvalue weighted by Gasteiger charge is -2.09. The van der Waals surface area contributed by atoms with Gasteiger partial charge in [-0.1, -0.05) is 67.1 Å². The number of benzene rings is 4. The fraction of sp³-hybridized carbons (Fsp3) is 0.222. The molecule has 0 aliphatic carbocycles. The number of aromatic nitrogens is 1. The van der Waals surface area contributed by atoms with E-state index < -0.39 is 0 Å². The Hall–Kier alpha value is -4.24. The number of ketones is 2. The molecule has 5 aromatic rings. The van der Waals surface area contributed by atoms with Gasteiger partial charge in [-0.3, -0.25) is 9.59 Å². The van der Waals surface area contributed by atoms with Crippen LogP contribution in [0.1, 0.15) is 69.7 Å². The first-order valence-corrected chi connectivity index (χ1v) is 13.9. The third kappa shape index (κ3) is 5.22. The third-order valence-corrected chi connectivity index (χ3v) is 7.64. The van der Waals surface area contributed by atoms with E-state index in [1.165, 1.54) is 11.1 Å². The average Bonchev–Trinajstić information content (AvgIpc) is 3.27. The van der Waals surface area contributed by atoms with Crippen LogP contribution in [0.4, 0.5) is 0 Å². The largest absolute Gasteiger partial charge is 0.341 e. The lowest BCUT2D eigenvalue weighted by molar-refractivity contribution is 0.102. The summed E-state index contributed by atoms with van der Waals surface area (Å²) in [5, 5.41) is 2.01. The number of hydrogen-bond donors (Lipinski definition) is 0. The smallest absolute Gasteiger partial charge is 0.193 e. The Morgan fingerprint density at radius 3 is 2.05 bits per heavy atom. The van der Waals surface area contributed by atoms with Gasteiger partial charge in [-0.15, -0.1) is 0 Å². The second-order valence-electron chi connectivity index (χ2n) is 10.3. The third-order valence-electron chi connectivity index (χ3n) is 7.64. The molecule has 0 amide bonds. The number of fused-ring (bicyclic) bond motifs is 3. The minimum Gasteiger partial charge on any atom is -0.341 e. The summed E-state index contributed by atoms with van der Waals surface area (Å²) in [6.07, 6.45) is 4.42. The molecule has 0 aliphatic rings. The molecule has 3 heteroatoms. The maximum absolute atomic E-state index is 13.7. The molecule has 39 heavy (non-hydrogen) atoms. The number of nitrogens with zero attached hydrogens (tertiary/aromatic N) is 1. The zero-order chi connectivity index (χ0) is 27.5. The highest BCUT2D eigenvalue weighted by atomic mass is 16.1. The van der Waals surface area contributed by atoms with Crippen LogP contribution in [0, 0.1) is 13.8 Å². The Kier molecular flexibility index (Phi) is 7.60. The van der Waals surface area contributed by atoms with E-state index in [4.69, 9.17) is 0 Å². The van der Waals surface area contributed by atoms with Crippen molar-refractivity contribution in [2.24, 2.45) is 0 Å². The van der Waals surface area contributed by atoms with Gasteiger partial charge in [0.15, 0.2) is 11.6 Å². The quantitative estimate of drug-likeness (QED) is 0.146. The molecule has 0 radical (unpaired) electrons. The summed E-state index contributed by atoms with van der Waals surface area (Å²) in [5.41, 5.74) is 8.51. The van der Waals surface area contributed by atoms with Crippen LogP contribution in [-0.2, 0) is 13.0 Å². The maximum atomic E-state index is 13.7. The summed E-state index contributed by atoms with van der Waals surface area (Å²) >= 11 is 0. The summed E-state index contributed by atoms with van der Waals surface area (Å²) in [7, 11) is 0. The van der Waals surface area contributed by atoms with Gasteiger partial charge >= 0.3 is 0 Å². The topological polar surface area (TPSA) is 39.1 Å². The summed E-state index contributed by atoms with van der Waals surface area (Å²) < 4.78 is 2.25. The molecular formula is C36H35NO2. The van der Waals surface area contributed by atoms with Crippen molar-refractivity contribution in [3.05, 3.63) is 130 Å². The number of Topliss-reactive ketones (excluding diaryl/α,β-unsaturated/α-hetero) is 1. The highest BCUT2D eigenvalue weighted by Gasteiger charge is 2.18. The Balaban J connectivity index is 1.53. The molecule has 0 bridgehead atoms. The van der Waals surface area contributed by atoms with E-state index >= 15 is 0 Å². The van der Waals surface area contributed by atoms with E-state index in [1.807, 2.05) is 61.5 Å². The van der Waals surface area contributed by atoms with Gasteiger partial charge in [0, 0.05) is 45.0 Å². The van der Waals surface area contributed by atoms with Crippen molar-refractivity contribution in [3.63, 3.8) is 0 Å². The molecule has 0 N–H and O–H groups in total. The molecule has 196 valence electrons. The van der Waals surface area contributed by atoms with Gasteiger partial charge in [0.25, 0.3) is 0 Å². The van der Waals surface area contributed by atoms with Crippen molar-refractivity contribution in [2.75, 3.05) is 0 Å². The molecule has 0 spiro atoms. The number of allylic oxidation sites excluding steroid dienone is 2. The molecule has 4 aromatic carbocycles. The van der Waals surface area contributed by atoms with Gasteiger partial charge < -0.3 is 4.57 Å². The fourth-order valence-electron chi connectivity index (χ4n) is 5.48. The Labute approximate surface area is 230 Å². The van der Waals surface area contributed by atoms with Crippen LogP contribution in [-0.4, -0.2) is 16.1 Å². The molecule has 0 unspecified atom stereocenters. The highest BCUT2D eigenvalue weighted by Crippen LogP contribution is 2.32. The van der Waals surface area contributed by atoms with Crippen LogP contribution in [0.5, 0.6) is 0 Å². The molecule has 0 saturated heterocycles. The molecule has 0 saturated carbocycles. The normalized spacial score (nSPS) is 11.8. The van der Waals surface area contributed by atoms with Gasteiger partial charge in [0.05, 0.1) is 0 Å². The van der Waals surface area contributed by atoms with Crippen LogP contribution in [0.3, 0.4) is 0 Å². The van der Waals surface area contributed by atoms with E-state index in [-0.39, 0.29) is 11.6 Å². The van der Waals surface area contributed by atoms with E-state index in [0.29, 0.717) is 17.5 Å². The Morgan fingerprint density at radius 1 is 0.769 bits per heavy atom. The molecule has 3 nitrogen and oxygen atoms in total. The minimum atomic E-state index is 0.0175. The first kappa shape index (κ1) is 26.4. The number of carbonyl (C=O) groups is 2. The molecule has 1 heterocycles. The van der Waals surface area contributed by atoms with Crippen molar-refractivity contribution < 1.29 is 9.59 Å². The Bertz CT molecular complexity index is 1720. The van der Waals surface area contributed by atoms with Gasteiger partial charge in [-0.25, -0.2) is 0 Å². The van der Waals surface area contributed by atoms with Gasteiger partial charge in [0.1, 0.15) is 0 Å². The molecule has 0 atom stereocenters. The molecule has 5 rings (SSSR count). The minimum absolute atomic E-state index is 0.0175. The zero-order valence-corrected chi connectivity index (χ0v) is 23.3. The molecular weight excluding hydrogens is 478 g/mol. The maximum Gasteiger partial charge on any atom is 0.193 e. The number of carbonyl (C=O) groups excluding carboxylic acids is 2. The Morgan fingerprint density at radius 2 is 1.41 bits per heavy atom. The molecule has 1 aromatic heterocycles. The fourth-order valence-corrected chi connectivity index (χ4v) is 5.48. The number of aryl methyl sites for hydroxylation is 4. The van der Waals surface area contributed by atoms with Crippen molar-refractivity contribution in [1.29, 1.82) is 0 Å². The first-order chi connectivity index (χ1) is 18.9. The lowest BCUT2D eigenvalue weighted by Crippen LogP contribution is -2.05. The highest BCUT2D eigenvalue weighted by molar-refractivity contribution is 6.17. The van der Waals surface area contributed by atoms with Crippen molar-refractivity contribution >= 4 is 33.4 Å². The van der Waals surface area contributed by atoms with Crippen LogP contribution in [0.25, 0.3) is 21.8 Å². The van der Waals surface area contributed by atoms with Crippen molar-refractivity contribution in [2.45, 2.75) is 53.5 Å². The van der Waals surface area contributed by atoms with Gasteiger partial charge in [0.2, 0.25) is 0 Å². The van der Waals surface area contributed by atoms with E-state index in [9.17, 15) is 9.59 Å². The van der Waals surface area contributed by atoms with Crippen molar-refractivity contribution in [1.82, 2.24) is 4.57 Å². The van der Waals surface area contributed by atoms with E-state index in [2.05, 4.69) is 61.7 Å². The summed E-state index contributed by atoms with van der Waals surface area (Å²) in [5.74, 6) is 0.0966. The summed E-state index contributed by atoms with van der Waals surface area (Å²) in [6, 6.07) is 28.2. The van der Waals surface area contributed by atoms with Crippen LogP contribution in [0.2, 0.25) is 0 Å². The van der Waals surface area contributed by atoms with E-state index in [1.54, 1.807) is 0 Å². The average molecular weight is 514 g/mol.